The van der Waals surface area contributed by atoms with Gasteiger partial charge in [-0.25, -0.2) is 4.99 Å². The number of thiol groups is 1. The van der Waals surface area contributed by atoms with Gasteiger partial charge in [0.05, 0.1) is 11.6 Å². The molecule has 4 aliphatic rings. The fourth-order valence-corrected chi connectivity index (χ4v) is 8.68. The lowest BCUT2D eigenvalue weighted by Crippen LogP contribution is -2.49. The van der Waals surface area contributed by atoms with Gasteiger partial charge >= 0.3 is 0 Å². The van der Waals surface area contributed by atoms with E-state index in [0.717, 1.165) is 43.3 Å². The first-order valence-corrected chi connectivity index (χ1v) is 13.7. The van der Waals surface area contributed by atoms with Gasteiger partial charge in [0.25, 0.3) is 5.91 Å². The number of aliphatic imine (C=N–C) groups is 2. The maximum absolute atomic E-state index is 13.5. The second-order valence-electron chi connectivity index (χ2n) is 8.49. The molecule has 3 aliphatic heterocycles. The molecule has 1 aliphatic carbocycles. The van der Waals surface area contributed by atoms with E-state index in [9.17, 15) is 4.79 Å². The third-order valence-corrected chi connectivity index (χ3v) is 10.2. The number of amides is 1. The highest BCUT2D eigenvalue weighted by Crippen LogP contribution is 2.46. The van der Waals surface area contributed by atoms with Crippen LogP contribution >= 0.6 is 22.7 Å². The summed E-state index contributed by atoms with van der Waals surface area (Å²) in [5.41, 5.74) is 0.734. The molecule has 1 saturated carbocycles. The van der Waals surface area contributed by atoms with Crippen molar-refractivity contribution in [3.8, 4) is 0 Å². The van der Waals surface area contributed by atoms with E-state index in [1.54, 1.807) is 0 Å². The van der Waals surface area contributed by atoms with Crippen molar-refractivity contribution in [2.24, 2.45) is 15.9 Å². The van der Waals surface area contributed by atoms with E-state index in [0.29, 0.717) is 6.04 Å². The third kappa shape index (κ3) is 4.53. The van der Waals surface area contributed by atoms with E-state index < -0.39 is 10.9 Å². The van der Waals surface area contributed by atoms with Crippen molar-refractivity contribution < 1.29 is 4.79 Å². The summed E-state index contributed by atoms with van der Waals surface area (Å²) in [5.74, 6) is 2.02. The zero-order chi connectivity index (χ0) is 19.3. The molecule has 0 N–H and O–H groups in total. The van der Waals surface area contributed by atoms with E-state index in [1.165, 1.54) is 67.2 Å². The average Bonchev–Trinajstić information content (AvgIpc) is 3.40. The number of piperidine rings is 1. The van der Waals surface area contributed by atoms with Gasteiger partial charge in [0.1, 0.15) is 10.1 Å². The smallest absolute Gasteiger partial charge is 0.273 e. The largest absolute Gasteiger partial charge is 0.334 e. The molecule has 3 heterocycles. The van der Waals surface area contributed by atoms with Crippen molar-refractivity contribution in [1.29, 1.82) is 0 Å². The van der Waals surface area contributed by atoms with Crippen molar-refractivity contribution in [1.82, 2.24) is 4.90 Å². The first kappa shape index (κ1) is 20.5. The van der Waals surface area contributed by atoms with Crippen LogP contribution in [-0.4, -0.2) is 45.1 Å². The lowest BCUT2D eigenvalue weighted by atomic mass is 9.78. The molecule has 4 nitrogen and oxygen atoms in total. The summed E-state index contributed by atoms with van der Waals surface area (Å²) in [7, 11) is -0.589. The Labute approximate surface area is 177 Å². The minimum atomic E-state index is -0.589. The maximum atomic E-state index is 13.5. The highest BCUT2D eigenvalue weighted by Gasteiger charge is 2.38. The van der Waals surface area contributed by atoms with Gasteiger partial charge in [0, 0.05) is 18.3 Å². The van der Waals surface area contributed by atoms with Crippen LogP contribution in [0.3, 0.4) is 0 Å². The molecule has 1 saturated heterocycles. The standard InChI is InChI=1S/C22H35N3OS2/c1-2-3-4-5-12-20-24-18(16-28(20)22-23-13-15-27-22)21(26)25-14-8-10-17-9-6-7-11-19(17)25/h16-17,19,28H,2-15H2,1H3. The number of thioether (sulfide) groups is 1. The number of carbonyl (C=O) groups is 1. The predicted octanol–water partition coefficient (Wildman–Crippen LogP) is 5.50. The van der Waals surface area contributed by atoms with E-state index >= 15 is 0 Å². The quantitative estimate of drug-likeness (QED) is 0.455. The molecule has 6 heteroatoms. The van der Waals surface area contributed by atoms with Gasteiger partial charge in [0.2, 0.25) is 0 Å². The summed E-state index contributed by atoms with van der Waals surface area (Å²) in [6.45, 7) is 4.10. The van der Waals surface area contributed by atoms with Gasteiger partial charge in [0.15, 0.2) is 0 Å². The van der Waals surface area contributed by atoms with E-state index in [1.807, 2.05) is 11.8 Å². The lowest BCUT2D eigenvalue weighted by Gasteiger charge is -2.44. The fraction of sp³-hybridized carbons (Fsp3) is 0.773. The van der Waals surface area contributed by atoms with Gasteiger partial charge in [-0.15, -0.1) is 10.9 Å². The van der Waals surface area contributed by atoms with Crippen molar-refractivity contribution in [3.05, 3.63) is 11.1 Å². The number of carbonyl (C=O) groups excluding carboxylic acids is 1. The summed E-state index contributed by atoms with van der Waals surface area (Å²) in [4.78, 5) is 25.3. The van der Waals surface area contributed by atoms with Gasteiger partial charge < -0.3 is 4.90 Å². The van der Waals surface area contributed by atoms with Crippen molar-refractivity contribution >= 4 is 38.0 Å². The van der Waals surface area contributed by atoms with Gasteiger partial charge in [-0.05, 0) is 49.9 Å². The second-order valence-corrected chi connectivity index (χ2v) is 11.8. The Morgan fingerprint density at radius 1 is 1.21 bits per heavy atom. The molecule has 0 radical (unpaired) electrons. The highest BCUT2D eigenvalue weighted by atomic mass is 32.2. The zero-order valence-corrected chi connectivity index (χ0v) is 18.9. The van der Waals surface area contributed by atoms with Crippen LogP contribution in [-0.2, 0) is 4.79 Å². The summed E-state index contributed by atoms with van der Waals surface area (Å²) in [5, 5.41) is 3.45. The predicted molar refractivity (Wildman–Crippen MR) is 125 cm³/mol. The molecule has 1 amide bonds. The number of unbranched alkanes of at least 4 members (excludes halogenated alkanes) is 3. The molecule has 0 spiro atoms. The fourth-order valence-electron chi connectivity index (χ4n) is 5.07. The molecule has 0 aromatic rings. The number of rotatable bonds is 6. The minimum Gasteiger partial charge on any atom is -0.334 e. The number of hydrogen-bond donors (Lipinski definition) is 1. The Morgan fingerprint density at radius 2 is 2.07 bits per heavy atom. The van der Waals surface area contributed by atoms with Gasteiger partial charge in [-0.1, -0.05) is 50.8 Å². The zero-order valence-electron chi connectivity index (χ0n) is 17.2. The molecular weight excluding hydrogens is 386 g/mol. The third-order valence-electron chi connectivity index (χ3n) is 6.53. The first-order chi connectivity index (χ1) is 13.8. The second kappa shape index (κ2) is 9.84. The molecule has 3 atom stereocenters. The van der Waals surface area contributed by atoms with E-state index in [-0.39, 0.29) is 5.91 Å². The van der Waals surface area contributed by atoms with E-state index in [4.69, 9.17) is 9.98 Å². The van der Waals surface area contributed by atoms with Crippen LogP contribution in [0.15, 0.2) is 21.1 Å². The number of nitrogens with zero attached hydrogens (tertiary/aromatic N) is 3. The summed E-state index contributed by atoms with van der Waals surface area (Å²) < 4.78 is 1.25. The van der Waals surface area contributed by atoms with Crippen LogP contribution < -0.4 is 0 Å². The molecule has 0 aromatic carbocycles. The Morgan fingerprint density at radius 3 is 2.89 bits per heavy atom. The van der Waals surface area contributed by atoms with Crippen molar-refractivity contribution in [2.75, 3.05) is 18.8 Å². The molecule has 28 heavy (non-hydrogen) atoms. The number of fused-ring (bicyclic) bond motifs is 1. The van der Waals surface area contributed by atoms with Crippen molar-refractivity contribution in [2.45, 2.75) is 83.6 Å². The summed E-state index contributed by atoms with van der Waals surface area (Å²) in [6.07, 6.45) is 13.6. The Hall–Kier alpha value is -0.750. The first-order valence-electron chi connectivity index (χ1n) is 11.3. The number of likely N-dealkylation sites (tertiary alicyclic amines) is 1. The Kier molecular flexibility index (Phi) is 7.21. The van der Waals surface area contributed by atoms with Crippen LogP contribution in [0.25, 0.3) is 0 Å². The van der Waals surface area contributed by atoms with Crippen LogP contribution in [0, 0.1) is 5.92 Å². The molecule has 3 unspecified atom stereocenters. The Bertz CT molecular complexity index is 671. The van der Waals surface area contributed by atoms with E-state index in [2.05, 4.69) is 17.2 Å². The minimum absolute atomic E-state index is 0.205. The monoisotopic (exact) mass is 421 g/mol. The van der Waals surface area contributed by atoms with Gasteiger partial charge in [-0.3, -0.25) is 9.79 Å². The topological polar surface area (TPSA) is 45.0 Å². The molecule has 0 aromatic heterocycles. The van der Waals surface area contributed by atoms with Crippen LogP contribution in [0.2, 0.25) is 0 Å². The van der Waals surface area contributed by atoms with Crippen molar-refractivity contribution in [3.63, 3.8) is 0 Å². The molecule has 4 rings (SSSR count). The molecule has 2 fully saturated rings. The van der Waals surface area contributed by atoms with Crippen LogP contribution in [0.1, 0.15) is 77.6 Å². The maximum Gasteiger partial charge on any atom is 0.273 e. The average molecular weight is 422 g/mol. The summed E-state index contributed by atoms with van der Waals surface area (Å²) in [6, 6.07) is 0.462. The lowest BCUT2D eigenvalue weighted by molar-refractivity contribution is -0.133. The molecule has 0 bridgehead atoms. The van der Waals surface area contributed by atoms with Crippen LogP contribution in [0.5, 0.6) is 0 Å². The summed E-state index contributed by atoms with van der Waals surface area (Å²) >= 11 is 1.88. The SMILES string of the molecule is CCCCCCC1=NC(C(=O)N2CCCC3CCCCC32)=C[SH]1C1=NCCS1. The van der Waals surface area contributed by atoms with Gasteiger partial charge in [-0.2, -0.15) is 0 Å². The Balaban J connectivity index is 1.49. The molecular formula is C22H35N3OS2. The highest BCUT2D eigenvalue weighted by molar-refractivity contribution is 8.56. The molecule has 156 valence electrons. The number of hydrogen-bond acceptors (Lipinski definition) is 4. The normalized spacial score (nSPS) is 31.2. The van der Waals surface area contributed by atoms with Crippen LogP contribution in [0.4, 0.5) is 0 Å².